The predicted molar refractivity (Wildman–Crippen MR) is 103 cm³/mol. The summed E-state index contributed by atoms with van der Waals surface area (Å²) in [6.45, 7) is 0.131. The molecule has 1 atom stereocenters. The van der Waals surface area contributed by atoms with E-state index in [9.17, 15) is 13.5 Å². The van der Waals surface area contributed by atoms with Crippen molar-refractivity contribution in [2.45, 2.75) is 11.3 Å². The van der Waals surface area contributed by atoms with E-state index in [0.717, 1.165) is 22.4 Å². The summed E-state index contributed by atoms with van der Waals surface area (Å²) in [6.07, 6.45) is 0.426. The number of nitrogens with one attached hydrogen (secondary N) is 2. The van der Waals surface area contributed by atoms with E-state index < -0.39 is 16.1 Å². The molecule has 138 valence electrons. The fourth-order valence-corrected chi connectivity index (χ4v) is 3.60. The van der Waals surface area contributed by atoms with Gasteiger partial charge >= 0.3 is 0 Å². The maximum Gasteiger partial charge on any atom is 0.229 e. The minimum atomic E-state index is -3.30. The lowest BCUT2D eigenvalue weighted by Gasteiger charge is -2.12. The summed E-state index contributed by atoms with van der Waals surface area (Å²) in [7, 11) is -3.30. The number of thioether (sulfide) groups is 1. The van der Waals surface area contributed by atoms with Gasteiger partial charge in [-0.1, -0.05) is 23.9 Å². The van der Waals surface area contributed by atoms with Crippen LogP contribution in [0.2, 0.25) is 0 Å². The van der Waals surface area contributed by atoms with Crippen LogP contribution < -0.4 is 9.46 Å². The second kappa shape index (κ2) is 7.98. The van der Waals surface area contributed by atoms with E-state index >= 15 is 0 Å². The number of anilines is 1. The molecule has 1 aromatic heterocycles. The average Bonchev–Trinajstić information content (AvgIpc) is 3.01. The molecule has 3 rings (SSSR count). The number of aliphatic hydroxyl groups is 1. The Morgan fingerprint density at radius 2 is 1.96 bits per heavy atom. The highest BCUT2D eigenvalue weighted by Gasteiger charge is 2.09. The van der Waals surface area contributed by atoms with Crippen molar-refractivity contribution in [3.8, 4) is 5.75 Å². The maximum atomic E-state index is 11.2. The number of fused-ring (bicyclic) bond motifs is 1. The molecule has 0 bridgehead atoms. The summed E-state index contributed by atoms with van der Waals surface area (Å²) < 4.78 is 30.2. The molecule has 0 amide bonds. The lowest BCUT2D eigenvalue weighted by molar-refractivity contribution is 0.126. The highest BCUT2D eigenvalue weighted by atomic mass is 32.2. The first kappa shape index (κ1) is 18.6. The number of para-hydroxylation sites is 2. The van der Waals surface area contributed by atoms with Crippen LogP contribution in [-0.4, -0.2) is 48.2 Å². The molecule has 7 nitrogen and oxygen atoms in total. The molecule has 1 unspecified atom stereocenters. The molecule has 0 spiro atoms. The quantitative estimate of drug-likeness (QED) is 0.508. The molecular formula is C17H19N3O4S2. The number of aromatic amines is 1. The van der Waals surface area contributed by atoms with Gasteiger partial charge in [0.25, 0.3) is 0 Å². The van der Waals surface area contributed by atoms with Gasteiger partial charge in [-0.25, -0.2) is 13.4 Å². The Morgan fingerprint density at radius 1 is 1.23 bits per heavy atom. The van der Waals surface area contributed by atoms with Crippen LogP contribution in [0.1, 0.15) is 0 Å². The topological polar surface area (TPSA) is 104 Å². The van der Waals surface area contributed by atoms with Crippen molar-refractivity contribution in [3.63, 3.8) is 0 Å². The number of H-pyrrole nitrogens is 1. The average molecular weight is 393 g/mol. The van der Waals surface area contributed by atoms with Gasteiger partial charge in [0.2, 0.25) is 10.0 Å². The van der Waals surface area contributed by atoms with E-state index in [1.54, 1.807) is 24.3 Å². The molecule has 1 heterocycles. The third kappa shape index (κ3) is 5.38. The molecule has 26 heavy (non-hydrogen) atoms. The lowest BCUT2D eigenvalue weighted by atomic mass is 10.3. The summed E-state index contributed by atoms with van der Waals surface area (Å²) in [4.78, 5) is 7.63. The summed E-state index contributed by atoms with van der Waals surface area (Å²) in [5.74, 6) is 0.991. The van der Waals surface area contributed by atoms with Crippen molar-refractivity contribution in [1.82, 2.24) is 9.97 Å². The number of hydrogen-bond acceptors (Lipinski definition) is 6. The van der Waals surface area contributed by atoms with Crippen LogP contribution in [0.15, 0.2) is 53.7 Å². The second-order valence-electron chi connectivity index (χ2n) is 5.73. The Hall–Kier alpha value is -2.23. The largest absolute Gasteiger partial charge is 0.491 e. The Kier molecular flexibility index (Phi) is 5.70. The van der Waals surface area contributed by atoms with Crippen LogP contribution in [0.4, 0.5) is 5.69 Å². The molecule has 0 aliphatic carbocycles. The third-order valence-corrected chi connectivity index (χ3v) is 5.00. The van der Waals surface area contributed by atoms with Crippen molar-refractivity contribution in [2.75, 3.05) is 23.3 Å². The van der Waals surface area contributed by atoms with E-state index in [1.165, 1.54) is 11.8 Å². The predicted octanol–water partition coefficient (Wildman–Crippen LogP) is 2.47. The van der Waals surface area contributed by atoms with Gasteiger partial charge < -0.3 is 14.8 Å². The summed E-state index contributed by atoms with van der Waals surface area (Å²) >= 11 is 1.42. The minimum absolute atomic E-state index is 0.131. The van der Waals surface area contributed by atoms with Gasteiger partial charge in [-0.15, -0.1) is 0 Å². The standard InChI is InChI=1S/C17H19N3O4S2/c1-26(22,23)20-12-6-8-14(9-7-12)24-10-13(21)11-25-17-18-15-4-2-3-5-16(15)19-17/h2-9,13,20-21H,10-11H2,1H3,(H,18,19). The molecule has 0 saturated carbocycles. The van der Waals surface area contributed by atoms with Crippen molar-refractivity contribution in [2.24, 2.45) is 0 Å². The number of aromatic nitrogens is 2. The van der Waals surface area contributed by atoms with Gasteiger partial charge in [-0.2, -0.15) is 0 Å². The molecule has 0 saturated heterocycles. The minimum Gasteiger partial charge on any atom is -0.491 e. The van der Waals surface area contributed by atoms with Gasteiger partial charge in [0.15, 0.2) is 5.16 Å². The molecule has 3 aromatic rings. The smallest absolute Gasteiger partial charge is 0.229 e. The molecule has 3 N–H and O–H groups in total. The number of sulfonamides is 1. The van der Waals surface area contributed by atoms with Crippen LogP contribution in [0, 0.1) is 0 Å². The number of aliphatic hydroxyl groups excluding tert-OH is 1. The van der Waals surface area contributed by atoms with E-state index in [1.807, 2.05) is 24.3 Å². The van der Waals surface area contributed by atoms with Gasteiger partial charge in [0.1, 0.15) is 12.4 Å². The molecule has 2 aromatic carbocycles. The van der Waals surface area contributed by atoms with Gasteiger partial charge in [-0.05, 0) is 36.4 Å². The zero-order chi connectivity index (χ0) is 18.6. The van der Waals surface area contributed by atoms with Gasteiger partial charge in [-0.3, -0.25) is 4.72 Å². The Labute approximate surface area is 155 Å². The van der Waals surface area contributed by atoms with Crippen molar-refractivity contribution in [3.05, 3.63) is 48.5 Å². The fraction of sp³-hybridized carbons (Fsp3) is 0.235. The number of nitrogens with zero attached hydrogens (tertiary/aromatic N) is 1. The van der Waals surface area contributed by atoms with Crippen LogP contribution in [0.5, 0.6) is 5.75 Å². The number of hydrogen-bond donors (Lipinski definition) is 3. The van der Waals surface area contributed by atoms with E-state index in [-0.39, 0.29) is 6.61 Å². The number of ether oxygens (including phenoxy) is 1. The van der Waals surface area contributed by atoms with Crippen molar-refractivity contribution in [1.29, 1.82) is 0 Å². The van der Waals surface area contributed by atoms with E-state index in [2.05, 4.69) is 14.7 Å². The first-order valence-electron chi connectivity index (χ1n) is 7.85. The maximum absolute atomic E-state index is 11.2. The van der Waals surface area contributed by atoms with E-state index in [0.29, 0.717) is 17.2 Å². The first-order valence-corrected chi connectivity index (χ1v) is 10.7. The van der Waals surface area contributed by atoms with Crippen LogP contribution in [0.3, 0.4) is 0 Å². The SMILES string of the molecule is CS(=O)(=O)Nc1ccc(OCC(O)CSc2nc3ccccc3[nH]2)cc1. The summed E-state index contributed by atoms with van der Waals surface area (Å²) in [5, 5.41) is 10.8. The number of imidazole rings is 1. The normalized spacial score (nSPS) is 12.8. The van der Waals surface area contributed by atoms with Gasteiger partial charge in [0, 0.05) is 11.4 Å². The molecule has 0 aliphatic heterocycles. The highest BCUT2D eigenvalue weighted by Crippen LogP contribution is 2.21. The van der Waals surface area contributed by atoms with Gasteiger partial charge in [0.05, 0.1) is 23.4 Å². The zero-order valence-electron chi connectivity index (χ0n) is 14.0. The zero-order valence-corrected chi connectivity index (χ0v) is 15.7. The molecule has 0 aliphatic rings. The van der Waals surface area contributed by atoms with Crippen LogP contribution >= 0.6 is 11.8 Å². The fourth-order valence-electron chi connectivity index (χ4n) is 2.25. The Bertz CT molecular complexity index is 938. The van der Waals surface area contributed by atoms with E-state index in [4.69, 9.17) is 4.74 Å². The highest BCUT2D eigenvalue weighted by molar-refractivity contribution is 7.99. The lowest BCUT2D eigenvalue weighted by Crippen LogP contribution is -2.20. The molecule has 0 fully saturated rings. The Morgan fingerprint density at radius 3 is 2.65 bits per heavy atom. The molecule has 0 radical (unpaired) electrons. The number of rotatable bonds is 8. The first-order chi connectivity index (χ1) is 12.4. The number of benzene rings is 2. The van der Waals surface area contributed by atoms with Crippen LogP contribution in [0.25, 0.3) is 11.0 Å². The Balaban J connectivity index is 1.47. The van der Waals surface area contributed by atoms with Crippen molar-refractivity contribution >= 4 is 38.5 Å². The third-order valence-electron chi connectivity index (χ3n) is 3.38. The summed E-state index contributed by atoms with van der Waals surface area (Å²) in [5.41, 5.74) is 2.31. The monoisotopic (exact) mass is 393 g/mol. The molecular weight excluding hydrogens is 374 g/mol. The molecule has 9 heteroatoms. The van der Waals surface area contributed by atoms with Crippen LogP contribution in [-0.2, 0) is 10.0 Å². The summed E-state index contributed by atoms with van der Waals surface area (Å²) in [6, 6.07) is 14.2. The van der Waals surface area contributed by atoms with Crippen molar-refractivity contribution < 1.29 is 18.3 Å². The second-order valence-corrected chi connectivity index (χ2v) is 8.49.